The molecule has 0 aromatic carbocycles. The first-order valence-corrected chi connectivity index (χ1v) is 9.47. The van der Waals surface area contributed by atoms with Crippen molar-refractivity contribution in [3.8, 4) is 0 Å². The van der Waals surface area contributed by atoms with Gasteiger partial charge in [0.15, 0.2) is 5.96 Å². The number of carbonyl (C=O) groups is 1. The third kappa shape index (κ3) is 5.08. The Morgan fingerprint density at radius 1 is 1.38 bits per heavy atom. The van der Waals surface area contributed by atoms with E-state index in [4.69, 9.17) is 0 Å². The predicted octanol–water partition coefficient (Wildman–Crippen LogP) is 2.82. The van der Waals surface area contributed by atoms with E-state index in [1.54, 1.807) is 18.4 Å². The lowest BCUT2D eigenvalue weighted by Crippen LogP contribution is -2.45. The molecule has 0 spiro atoms. The lowest BCUT2D eigenvalue weighted by molar-refractivity contribution is -0.134. The Morgan fingerprint density at radius 2 is 2.17 bits per heavy atom. The van der Waals surface area contributed by atoms with Gasteiger partial charge in [0, 0.05) is 38.6 Å². The maximum atomic E-state index is 12.5. The molecule has 0 bridgehead atoms. The minimum Gasteiger partial charge on any atom is -0.352 e. The average molecular weight is 462 g/mol. The summed E-state index contributed by atoms with van der Waals surface area (Å²) in [5.41, 5.74) is 1.27. The zero-order valence-corrected chi connectivity index (χ0v) is 17.3. The fourth-order valence-corrected chi connectivity index (χ4v) is 4.14. The van der Waals surface area contributed by atoms with E-state index in [1.165, 1.54) is 18.4 Å². The number of thiophene rings is 1. The molecule has 2 fully saturated rings. The Balaban J connectivity index is 0.00000208. The number of likely N-dealkylation sites (tertiary alicyclic amines) is 1. The number of carbonyl (C=O) groups excluding carboxylic acids is 1. The molecule has 1 saturated heterocycles. The first kappa shape index (κ1) is 19.5. The van der Waals surface area contributed by atoms with Crippen molar-refractivity contribution in [2.24, 2.45) is 10.9 Å². The van der Waals surface area contributed by atoms with Crippen LogP contribution >= 0.6 is 35.3 Å². The normalized spacial score (nSPS) is 21.6. The van der Waals surface area contributed by atoms with Crippen LogP contribution in [0.15, 0.2) is 21.8 Å². The van der Waals surface area contributed by atoms with Crippen LogP contribution in [0.5, 0.6) is 0 Å². The first-order valence-electron chi connectivity index (χ1n) is 8.53. The van der Waals surface area contributed by atoms with Gasteiger partial charge < -0.3 is 15.5 Å². The highest BCUT2D eigenvalue weighted by Crippen LogP contribution is 2.27. The van der Waals surface area contributed by atoms with Crippen molar-refractivity contribution in [1.82, 2.24) is 15.5 Å². The molecule has 2 heterocycles. The minimum atomic E-state index is 0. The van der Waals surface area contributed by atoms with E-state index >= 15 is 0 Å². The van der Waals surface area contributed by atoms with Gasteiger partial charge in [-0.3, -0.25) is 9.79 Å². The number of rotatable bonds is 4. The number of nitrogens with zero attached hydrogens (tertiary/aromatic N) is 2. The molecule has 0 radical (unpaired) electrons. The van der Waals surface area contributed by atoms with Gasteiger partial charge in [-0.15, -0.1) is 24.0 Å². The fraction of sp³-hybridized carbons (Fsp3) is 0.647. The molecule has 1 aromatic rings. The highest BCUT2D eigenvalue weighted by atomic mass is 127. The molecule has 1 atom stereocenters. The van der Waals surface area contributed by atoms with Crippen molar-refractivity contribution >= 4 is 47.2 Å². The molecule has 134 valence electrons. The maximum Gasteiger partial charge on any atom is 0.225 e. The number of nitrogens with one attached hydrogen (secondary N) is 2. The molecule has 1 aliphatic heterocycles. The van der Waals surface area contributed by atoms with E-state index in [9.17, 15) is 4.79 Å². The van der Waals surface area contributed by atoms with Crippen LogP contribution in [0.4, 0.5) is 0 Å². The summed E-state index contributed by atoms with van der Waals surface area (Å²) in [5.74, 6) is 1.47. The van der Waals surface area contributed by atoms with Crippen LogP contribution in [-0.4, -0.2) is 42.9 Å². The molecular formula is C17H27IN4OS. The second kappa shape index (κ2) is 9.60. The molecular weight excluding hydrogens is 435 g/mol. The van der Waals surface area contributed by atoms with Crippen molar-refractivity contribution in [1.29, 1.82) is 0 Å². The molecule has 1 unspecified atom stereocenters. The monoisotopic (exact) mass is 462 g/mol. The van der Waals surface area contributed by atoms with Gasteiger partial charge in [0.1, 0.15) is 0 Å². The summed E-state index contributed by atoms with van der Waals surface area (Å²) < 4.78 is 0. The number of hydrogen-bond donors (Lipinski definition) is 2. The third-order valence-corrected chi connectivity index (χ3v) is 5.54. The van der Waals surface area contributed by atoms with Gasteiger partial charge in [-0.05, 0) is 41.7 Å². The zero-order valence-electron chi connectivity index (χ0n) is 14.2. The molecule has 3 rings (SSSR count). The molecule has 2 aliphatic rings. The number of hydrogen-bond acceptors (Lipinski definition) is 3. The smallest absolute Gasteiger partial charge is 0.225 e. The quantitative estimate of drug-likeness (QED) is 0.411. The lowest BCUT2D eigenvalue weighted by atomic mass is 10.1. The molecule has 1 aromatic heterocycles. The minimum absolute atomic E-state index is 0. The van der Waals surface area contributed by atoms with E-state index in [0.717, 1.165) is 44.9 Å². The molecule has 7 heteroatoms. The molecule has 24 heavy (non-hydrogen) atoms. The second-order valence-electron chi connectivity index (χ2n) is 6.45. The Hall–Kier alpha value is -0.830. The molecule has 5 nitrogen and oxygen atoms in total. The van der Waals surface area contributed by atoms with Gasteiger partial charge >= 0.3 is 0 Å². The lowest BCUT2D eigenvalue weighted by Gasteiger charge is -2.21. The van der Waals surface area contributed by atoms with Gasteiger partial charge in [-0.1, -0.05) is 12.8 Å². The van der Waals surface area contributed by atoms with Crippen LogP contribution in [0, 0.1) is 5.92 Å². The average Bonchev–Trinajstić information content (AvgIpc) is 3.33. The standard InChI is InChI=1S/C17H26N4OS.HI/c1-18-17(19-10-13-7-9-23-12-13)20-15-6-8-21(11-15)16(22)14-4-2-3-5-14;/h7,9,12,14-15H,2-6,8,10-11H2,1H3,(H2,18,19,20);1H. The van der Waals surface area contributed by atoms with Gasteiger partial charge in [0.2, 0.25) is 5.91 Å². The summed E-state index contributed by atoms with van der Waals surface area (Å²) in [6.07, 6.45) is 5.59. The summed E-state index contributed by atoms with van der Waals surface area (Å²) >= 11 is 1.70. The number of aliphatic imine (C=N–C) groups is 1. The summed E-state index contributed by atoms with van der Waals surface area (Å²) in [4.78, 5) is 18.8. The van der Waals surface area contributed by atoms with Crippen molar-refractivity contribution in [3.05, 3.63) is 22.4 Å². The second-order valence-corrected chi connectivity index (χ2v) is 7.23. The van der Waals surface area contributed by atoms with Crippen molar-refractivity contribution in [3.63, 3.8) is 0 Å². The van der Waals surface area contributed by atoms with E-state index in [2.05, 4.69) is 32.5 Å². The van der Waals surface area contributed by atoms with Crippen molar-refractivity contribution in [2.45, 2.75) is 44.7 Å². The topological polar surface area (TPSA) is 56.7 Å². The SMILES string of the molecule is CN=C(NCc1ccsc1)NC1CCN(C(=O)C2CCCC2)C1.I. The highest BCUT2D eigenvalue weighted by molar-refractivity contribution is 14.0. The summed E-state index contributed by atoms with van der Waals surface area (Å²) in [6.45, 7) is 2.45. The van der Waals surface area contributed by atoms with E-state index in [1.807, 2.05) is 4.90 Å². The fourth-order valence-electron chi connectivity index (χ4n) is 3.48. The van der Waals surface area contributed by atoms with Gasteiger partial charge in [0.25, 0.3) is 0 Å². The highest BCUT2D eigenvalue weighted by Gasteiger charge is 2.32. The van der Waals surface area contributed by atoms with Crippen molar-refractivity contribution < 1.29 is 4.79 Å². The summed E-state index contributed by atoms with van der Waals surface area (Å²) in [7, 11) is 1.79. The van der Waals surface area contributed by atoms with Gasteiger partial charge in [-0.2, -0.15) is 11.3 Å². The van der Waals surface area contributed by atoms with E-state index < -0.39 is 0 Å². The van der Waals surface area contributed by atoms with Crippen LogP contribution < -0.4 is 10.6 Å². The first-order chi connectivity index (χ1) is 11.3. The van der Waals surface area contributed by atoms with Crippen LogP contribution in [-0.2, 0) is 11.3 Å². The van der Waals surface area contributed by atoms with Crippen LogP contribution in [0.25, 0.3) is 0 Å². The molecule has 2 N–H and O–H groups in total. The van der Waals surface area contributed by atoms with Crippen molar-refractivity contribution in [2.75, 3.05) is 20.1 Å². The van der Waals surface area contributed by atoms with E-state index in [-0.39, 0.29) is 29.9 Å². The van der Waals surface area contributed by atoms with Gasteiger partial charge in [-0.25, -0.2) is 0 Å². The number of guanidine groups is 1. The summed E-state index contributed by atoms with van der Waals surface area (Å²) in [5, 5.41) is 11.0. The summed E-state index contributed by atoms with van der Waals surface area (Å²) in [6, 6.07) is 2.41. The Morgan fingerprint density at radius 3 is 2.83 bits per heavy atom. The molecule has 1 aliphatic carbocycles. The van der Waals surface area contributed by atoms with Crippen LogP contribution in [0.1, 0.15) is 37.7 Å². The maximum absolute atomic E-state index is 12.5. The zero-order chi connectivity index (χ0) is 16.1. The molecule has 1 saturated carbocycles. The number of amides is 1. The van der Waals surface area contributed by atoms with Gasteiger partial charge in [0.05, 0.1) is 0 Å². The number of halogens is 1. The Bertz CT molecular complexity index is 543. The Labute approximate surface area is 165 Å². The predicted molar refractivity (Wildman–Crippen MR) is 110 cm³/mol. The largest absolute Gasteiger partial charge is 0.352 e. The van der Waals surface area contributed by atoms with E-state index in [0.29, 0.717) is 11.9 Å². The third-order valence-electron chi connectivity index (χ3n) is 4.81. The van der Waals surface area contributed by atoms with Crippen LogP contribution in [0.2, 0.25) is 0 Å². The molecule has 1 amide bonds. The Kier molecular flexibility index (Phi) is 7.80. The van der Waals surface area contributed by atoms with Crippen LogP contribution in [0.3, 0.4) is 0 Å².